The molecule has 3 heterocycles. The van der Waals surface area contributed by atoms with Crippen molar-refractivity contribution in [3.05, 3.63) is 64.8 Å². The molecule has 1 unspecified atom stereocenters. The molecule has 134 valence electrons. The third kappa shape index (κ3) is 2.88. The first-order valence-corrected chi connectivity index (χ1v) is 10.7. The number of pyridine rings is 1. The molecule has 0 saturated carbocycles. The number of halogens is 1. The van der Waals surface area contributed by atoms with Crippen molar-refractivity contribution in [2.75, 3.05) is 10.7 Å². The zero-order valence-corrected chi connectivity index (χ0v) is 16.7. The van der Waals surface area contributed by atoms with E-state index < -0.39 is 0 Å². The number of thioether (sulfide) groups is 1. The quantitative estimate of drug-likeness (QED) is 0.403. The van der Waals surface area contributed by atoms with Gasteiger partial charge in [-0.25, -0.2) is 9.97 Å². The first-order valence-electron chi connectivity index (χ1n) is 8.46. The molecule has 2 aromatic heterocycles. The maximum absolute atomic E-state index is 12.7. The number of fused-ring (bicyclic) bond motifs is 2. The lowest BCUT2D eigenvalue weighted by Gasteiger charge is -2.22. The van der Waals surface area contributed by atoms with E-state index >= 15 is 0 Å². The maximum Gasteiger partial charge on any atom is 0.240 e. The SMILES string of the molecule is Cc1ccc2nc(Cl)c(C3SCC(=O)N3c3nc4ccccc4s3)cc2c1. The molecular weight excluding hydrogens is 398 g/mol. The largest absolute Gasteiger partial charge is 0.273 e. The molecule has 7 heteroatoms. The third-order valence-electron chi connectivity index (χ3n) is 4.57. The van der Waals surface area contributed by atoms with Gasteiger partial charge in [0, 0.05) is 10.9 Å². The zero-order valence-electron chi connectivity index (χ0n) is 14.3. The monoisotopic (exact) mass is 411 g/mol. The molecule has 0 spiro atoms. The lowest BCUT2D eigenvalue weighted by molar-refractivity contribution is -0.115. The van der Waals surface area contributed by atoms with Crippen LogP contribution >= 0.6 is 34.7 Å². The van der Waals surface area contributed by atoms with Gasteiger partial charge in [-0.15, -0.1) is 11.8 Å². The second-order valence-electron chi connectivity index (χ2n) is 6.46. The number of aromatic nitrogens is 2. The number of hydrogen-bond acceptors (Lipinski definition) is 5. The Morgan fingerprint density at radius 3 is 2.81 bits per heavy atom. The number of hydrogen-bond donors (Lipinski definition) is 0. The molecule has 0 N–H and O–H groups in total. The van der Waals surface area contributed by atoms with Crippen LogP contribution in [-0.2, 0) is 4.79 Å². The van der Waals surface area contributed by atoms with E-state index in [4.69, 9.17) is 11.6 Å². The van der Waals surface area contributed by atoms with Crippen LogP contribution in [0.1, 0.15) is 16.5 Å². The van der Waals surface area contributed by atoms with E-state index in [0.717, 1.165) is 32.2 Å². The number of thiazole rings is 1. The highest BCUT2D eigenvalue weighted by Crippen LogP contribution is 2.46. The lowest BCUT2D eigenvalue weighted by atomic mass is 10.1. The van der Waals surface area contributed by atoms with Gasteiger partial charge in [0.25, 0.3) is 0 Å². The average molecular weight is 412 g/mol. The minimum atomic E-state index is -0.219. The van der Waals surface area contributed by atoms with E-state index in [1.807, 2.05) is 42.5 Å². The predicted molar refractivity (Wildman–Crippen MR) is 114 cm³/mol. The molecule has 0 radical (unpaired) electrons. The number of aryl methyl sites for hydroxylation is 1. The van der Waals surface area contributed by atoms with Crippen molar-refractivity contribution in [1.82, 2.24) is 9.97 Å². The molecule has 4 nitrogen and oxygen atoms in total. The van der Waals surface area contributed by atoms with Crippen molar-refractivity contribution in [2.24, 2.45) is 0 Å². The Morgan fingerprint density at radius 2 is 1.96 bits per heavy atom. The second kappa shape index (κ2) is 6.48. The highest BCUT2D eigenvalue weighted by Gasteiger charge is 2.37. The Morgan fingerprint density at radius 1 is 1.11 bits per heavy atom. The minimum absolute atomic E-state index is 0.0458. The standard InChI is InChI=1S/C20H14ClN3OS2/c1-11-6-7-14-12(8-11)9-13(18(21)22-14)19-24(17(25)10-26-19)20-23-15-4-2-3-5-16(15)27-20/h2-9,19H,10H2,1H3. The van der Waals surface area contributed by atoms with Crippen LogP contribution in [0.3, 0.4) is 0 Å². The molecule has 27 heavy (non-hydrogen) atoms. The fourth-order valence-corrected chi connectivity index (χ4v) is 5.84. The smallest absolute Gasteiger partial charge is 0.240 e. The number of amides is 1. The summed E-state index contributed by atoms with van der Waals surface area (Å²) < 4.78 is 1.06. The number of rotatable bonds is 2. The summed E-state index contributed by atoms with van der Waals surface area (Å²) in [5, 5.41) is 1.95. The van der Waals surface area contributed by atoms with E-state index in [0.29, 0.717) is 16.0 Å². The highest BCUT2D eigenvalue weighted by atomic mass is 35.5. The van der Waals surface area contributed by atoms with Crippen LogP contribution in [0.15, 0.2) is 48.5 Å². The summed E-state index contributed by atoms with van der Waals surface area (Å²) in [6.45, 7) is 2.05. The minimum Gasteiger partial charge on any atom is -0.273 e. The van der Waals surface area contributed by atoms with Gasteiger partial charge < -0.3 is 0 Å². The summed E-state index contributed by atoms with van der Waals surface area (Å²) in [5.74, 6) is 0.451. The van der Waals surface area contributed by atoms with Gasteiger partial charge in [0.05, 0.1) is 21.5 Å². The van der Waals surface area contributed by atoms with Gasteiger partial charge in [-0.1, -0.05) is 46.7 Å². The van der Waals surface area contributed by atoms with E-state index in [9.17, 15) is 4.79 Å². The number of carbonyl (C=O) groups excluding carboxylic acids is 1. The van der Waals surface area contributed by atoms with Crippen LogP contribution in [0.25, 0.3) is 21.1 Å². The number of benzene rings is 2. The van der Waals surface area contributed by atoms with Crippen LogP contribution < -0.4 is 4.90 Å². The zero-order chi connectivity index (χ0) is 18.5. The van der Waals surface area contributed by atoms with Gasteiger partial charge in [0.15, 0.2) is 5.13 Å². The number of nitrogens with zero attached hydrogens (tertiary/aromatic N) is 3. The first-order chi connectivity index (χ1) is 13.1. The normalized spacial score (nSPS) is 17.3. The van der Waals surface area contributed by atoms with E-state index in [1.165, 1.54) is 11.3 Å². The van der Waals surface area contributed by atoms with Crippen molar-refractivity contribution in [3.8, 4) is 0 Å². The van der Waals surface area contributed by atoms with Crippen LogP contribution in [-0.4, -0.2) is 21.6 Å². The van der Waals surface area contributed by atoms with Crippen LogP contribution in [0.5, 0.6) is 0 Å². The van der Waals surface area contributed by atoms with Crippen LogP contribution in [0, 0.1) is 6.92 Å². The van der Waals surface area contributed by atoms with Crippen molar-refractivity contribution >= 4 is 66.9 Å². The Bertz CT molecular complexity index is 1170. The number of para-hydroxylation sites is 1. The number of anilines is 1. The third-order valence-corrected chi connectivity index (χ3v) is 7.11. The fourth-order valence-electron chi connectivity index (χ4n) is 3.29. The Balaban J connectivity index is 1.63. The molecule has 1 atom stereocenters. The molecule has 1 amide bonds. The van der Waals surface area contributed by atoms with Crippen LogP contribution in [0.4, 0.5) is 5.13 Å². The average Bonchev–Trinajstić information content (AvgIpc) is 3.24. The van der Waals surface area contributed by atoms with Crippen molar-refractivity contribution in [1.29, 1.82) is 0 Å². The summed E-state index contributed by atoms with van der Waals surface area (Å²) in [6, 6.07) is 16.0. The Kier molecular flexibility index (Phi) is 4.07. The Labute approximate surface area is 169 Å². The molecule has 2 aromatic carbocycles. The van der Waals surface area contributed by atoms with Gasteiger partial charge in [-0.2, -0.15) is 0 Å². The molecule has 1 aliphatic heterocycles. The Hall–Kier alpha value is -2.15. The highest BCUT2D eigenvalue weighted by molar-refractivity contribution is 8.00. The topological polar surface area (TPSA) is 46.1 Å². The van der Waals surface area contributed by atoms with Crippen LogP contribution in [0.2, 0.25) is 5.15 Å². The second-order valence-corrected chi connectivity index (χ2v) is 8.89. The van der Waals surface area contributed by atoms with Gasteiger partial charge in [-0.05, 0) is 37.3 Å². The molecule has 1 fully saturated rings. The molecule has 1 saturated heterocycles. The van der Waals surface area contributed by atoms with Gasteiger partial charge in [-0.3, -0.25) is 9.69 Å². The summed E-state index contributed by atoms with van der Waals surface area (Å²) >= 11 is 9.61. The van der Waals surface area contributed by atoms with E-state index in [1.54, 1.807) is 16.7 Å². The molecule has 4 aromatic rings. The molecule has 5 rings (SSSR count). The van der Waals surface area contributed by atoms with Crippen molar-refractivity contribution in [3.63, 3.8) is 0 Å². The van der Waals surface area contributed by atoms with E-state index in [-0.39, 0.29) is 11.3 Å². The van der Waals surface area contributed by atoms with Gasteiger partial charge in [0.1, 0.15) is 10.5 Å². The maximum atomic E-state index is 12.7. The number of carbonyl (C=O) groups is 1. The van der Waals surface area contributed by atoms with Crippen molar-refractivity contribution < 1.29 is 4.79 Å². The lowest BCUT2D eigenvalue weighted by Crippen LogP contribution is -2.27. The first kappa shape index (κ1) is 17.0. The van der Waals surface area contributed by atoms with Crippen molar-refractivity contribution in [2.45, 2.75) is 12.3 Å². The summed E-state index contributed by atoms with van der Waals surface area (Å²) in [7, 11) is 0. The van der Waals surface area contributed by atoms with Gasteiger partial charge >= 0.3 is 0 Å². The fraction of sp³-hybridized carbons (Fsp3) is 0.150. The molecule has 0 bridgehead atoms. The summed E-state index contributed by atoms with van der Waals surface area (Å²) in [5.41, 5.74) is 3.77. The summed E-state index contributed by atoms with van der Waals surface area (Å²) in [6.07, 6.45) is 0. The summed E-state index contributed by atoms with van der Waals surface area (Å²) in [4.78, 5) is 23.7. The predicted octanol–water partition coefficient (Wildman–Crippen LogP) is 5.58. The van der Waals surface area contributed by atoms with Gasteiger partial charge in [0.2, 0.25) is 5.91 Å². The molecular formula is C20H14ClN3OS2. The molecule has 1 aliphatic rings. The molecule has 0 aliphatic carbocycles. The van der Waals surface area contributed by atoms with E-state index in [2.05, 4.69) is 23.0 Å².